The summed E-state index contributed by atoms with van der Waals surface area (Å²) >= 11 is 0. The molecular weight excluding hydrogens is 514 g/mol. The molecule has 6 rings (SSSR count). The lowest BCUT2D eigenvalue weighted by Gasteiger charge is -2.17. The molecular formula is C26H31N11O3. The topological polar surface area (TPSA) is 167 Å². The third-order valence-corrected chi connectivity index (χ3v) is 6.80. The van der Waals surface area contributed by atoms with Crippen LogP contribution in [-0.4, -0.2) is 78.2 Å². The van der Waals surface area contributed by atoms with Crippen LogP contribution in [0.4, 0.5) is 5.95 Å². The molecule has 14 nitrogen and oxygen atoms in total. The molecule has 3 N–H and O–H groups in total. The van der Waals surface area contributed by atoms with Crippen LogP contribution in [0, 0.1) is 0 Å². The van der Waals surface area contributed by atoms with Gasteiger partial charge in [-0.3, -0.25) is 4.57 Å². The molecule has 5 heterocycles. The van der Waals surface area contributed by atoms with E-state index in [1.807, 2.05) is 62.0 Å². The Hall–Kier alpha value is -4.27. The van der Waals surface area contributed by atoms with Crippen molar-refractivity contribution in [1.29, 1.82) is 0 Å². The van der Waals surface area contributed by atoms with Crippen LogP contribution < -0.4 is 5.32 Å². The average Bonchev–Trinajstić information content (AvgIpc) is 3.73. The second kappa shape index (κ2) is 10.7. The molecule has 40 heavy (non-hydrogen) atoms. The van der Waals surface area contributed by atoms with Crippen LogP contribution in [-0.2, 0) is 24.6 Å². The van der Waals surface area contributed by atoms with Gasteiger partial charge in [0.05, 0.1) is 30.1 Å². The molecule has 1 aliphatic rings. The monoisotopic (exact) mass is 545 g/mol. The highest BCUT2D eigenvalue weighted by Crippen LogP contribution is 2.38. The molecule has 208 valence electrons. The van der Waals surface area contributed by atoms with Gasteiger partial charge in [-0.25, -0.2) is 15.0 Å². The fourth-order valence-corrected chi connectivity index (χ4v) is 4.72. The van der Waals surface area contributed by atoms with Gasteiger partial charge in [-0.05, 0) is 24.6 Å². The summed E-state index contributed by atoms with van der Waals surface area (Å²) in [6, 6.07) is 9.97. The Morgan fingerprint density at radius 3 is 2.60 bits per heavy atom. The summed E-state index contributed by atoms with van der Waals surface area (Å²) in [7, 11) is 1.93. The number of tetrazole rings is 1. The number of anilines is 1. The Labute approximate surface area is 229 Å². The van der Waals surface area contributed by atoms with Crippen molar-refractivity contribution in [2.75, 3.05) is 11.9 Å². The van der Waals surface area contributed by atoms with Gasteiger partial charge in [0, 0.05) is 32.6 Å². The van der Waals surface area contributed by atoms with Crippen LogP contribution in [0.1, 0.15) is 55.0 Å². The first-order valence-corrected chi connectivity index (χ1v) is 13.2. The first kappa shape index (κ1) is 26.0. The van der Waals surface area contributed by atoms with Gasteiger partial charge in [0.25, 0.3) is 0 Å². The first-order valence-electron chi connectivity index (χ1n) is 13.2. The van der Waals surface area contributed by atoms with E-state index in [0.29, 0.717) is 36.5 Å². The number of nitrogens with one attached hydrogen (secondary N) is 1. The van der Waals surface area contributed by atoms with E-state index >= 15 is 0 Å². The summed E-state index contributed by atoms with van der Waals surface area (Å²) < 4.78 is 9.64. The van der Waals surface area contributed by atoms with Crippen molar-refractivity contribution in [3.05, 3.63) is 72.0 Å². The number of aliphatic hydroxyl groups is 2. The molecule has 5 aromatic rings. The zero-order chi connectivity index (χ0) is 27.8. The van der Waals surface area contributed by atoms with E-state index in [1.165, 1.54) is 4.80 Å². The molecule has 0 amide bonds. The Balaban J connectivity index is 1.32. The number of imidazole rings is 2. The minimum absolute atomic E-state index is 0.0126. The number of rotatable bonds is 9. The Kier molecular flexibility index (Phi) is 6.96. The van der Waals surface area contributed by atoms with Crippen molar-refractivity contribution in [2.24, 2.45) is 7.05 Å². The zero-order valence-corrected chi connectivity index (χ0v) is 22.4. The molecule has 0 aliphatic carbocycles. The van der Waals surface area contributed by atoms with Gasteiger partial charge in [0.1, 0.15) is 17.7 Å². The molecule has 0 spiro atoms. The molecule has 1 fully saturated rings. The summed E-state index contributed by atoms with van der Waals surface area (Å²) in [5, 5.41) is 37.5. The smallest absolute Gasteiger partial charge is 0.225 e. The average molecular weight is 546 g/mol. The Morgan fingerprint density at radius 2 is 1.88 bits per heavy atom. The number of aromatic nitrogens is 10. The van der Waals surface area contributed by atoms with Gasteiger partial charge in [-0.2, -0.15) is 9.78 Å². The lowest BCUT2D eigenvalue weighted by Crippen LogP contribution is -2.29. The highest BCUT2D eigenvalue weighted by molar-refractivity contribution is 5.75. The van der Waals surface area contributed by atoms with Crippen LogP contribution in [0.15, 0.2) is 49.2 Å². The molecule has 0 unspecified atom stereocenters. The SMILES string of the molecule is CC(C)n1nnc([C@H]2O[C@@H](n3cnc4c(Cc5ccccc5)nc(NCCc5cn(C)cn5)nc43)[C@H](O)[C@@H]2O)n1. The maximum Gasteiger partial charge on any atom is 0.225 e. The standard InChI is InChI=1S/C26H31N11O3/c1-15(2)37-33-23(32-34-37)22-20(38)21(39)25(40-22)36-14-29-19-18(11-16-7-5-4-6-8-16)30-26(31-24(19)36)27-10-9-17-12-35(3)13-28-17/h4-8,12-15,20-22,25,38-39H,9-11H2,1-3H3,(H,27,30,31)/t20-,21+,22-,25+/m0/s1. The maximum atomic E-state index is 11.0. The minimum Gasteiger partial charge on any atom is -0.387 e. The summed E-state index contributed by atoms with van der Waals surface area (Å²) in [6.45, 7) is 4.41. The first-order chi connectivity index (χ1) is 19.4. The largest absolute Gasteiger partial charge is 0.387 e. The summed E-state index contributed by atoms with van der Waals surface area (Å²) in [4.78, 5) is 19.9. The van der Waals surface area contributed by atoms with Gasteiger partial charge in [-0.15, -0.1) is 10.2 Å². The van der Waals surface area contributed by atoms with Crippen molar-refractivity contribution in [2.45, 2.75) is 57.3 Å². The van der Waals surface area contributed by atoms with E-state index in [1.54, 1.807) is 17.2 Å². The molecule has 4 aromatic heterocycles. The number of benzene rings is 1. The highest BCUT2D eigenvalue weighted by Gasteiger charge is 2.47. The van der Waals surface area contributed by atoms with Crippen molar-refractivity contribution >= 4 is 17.1 Å². The molecule has 0 radical (unpaired) electrons. The molecule has 1 aliphatic heterocycles. The molecule has 0 bridgehead atoms. The second-order valence-electron chi connectivity index (χ2n) is 10.2. The van der Waals surface area contributed by atoms with E-state index in [-0.39, 0.29) is 11.9 Å². The zero-order valence-electron chi connectivity index (χ0n) is 22.4. The van der Waals surface area contributed by atoms with Gasteiger partial charge in [0.2, 0.25) is 11.8 Å². The number of hydrogen-bond donors (Lipinski definition) is 3. The summed E-state index contributed by atoms with van der Waals surface area (Å²) in [5.74, 6) is 0.616. The molecule has 1 saturated heterocycles. The predicted molar refractivity (Wildman–Crippen MR) is 143 cm³/mol. The number of ether oxygens (including phenoxy) is 1. The lowest BCUT2D eigenvalue weighted by atomic mass is 10.1. The number of aryl methyl sites for hydroxylation is 1. The van der Waals surface area contributed by atoms with Crippen LogP contribution >= 0.6 is 0 Å². The highest BCUT2D eigenvalue weighted by atomic mass is 16.6. The number of hydrogen-bond acceptors (Lipinski definition) is 11. The molecule has 1 aromatic carbocycles. The van der Waals surface area contributed by atoms with Crippen molar-refractivity contribution in [3.8, 4) is 0 Å². The number of nitrogens with zero attached hydrogens (tertiary/aromatic N) is 10. The van der Waals surface area contributed by atoms with Gasteiger partial charge >= 0.3 is 0 Å². The Bertz CT molecular complexity index is 1600. The summed E-state index contributed by atoms with van der Waals surface area (Å²) in [6.07, 6.45) is 2.02. The molecule has 4 atom stereocenters. The molecule has 0 saturated carbocycles. The van der Waals surface area contributed by atoms with E-state index in [9.17, 15) is 10.2 Å². The van der Waals surface area contributed by atoms with E-state index in [0.717, 1.165) is 17.0 Å². The number of aliphatic hydroxyl groups excluding tert-OH is 2. The quantitative estimate of drug-likeness (QED) is 0.245. The van der Waals surface area contributed by atoms with Gasteiger partial charge < -0.3 is 24.8 Å². The predicted octanol–water partition coefficient (Wildman–Crippen LogP) is 1.36. The fourth-order valence-electron chi connectivity index (χ4n) is 4.72. The fraction of sp³-hybridized carbons (Fsp3) is 0.423. The third-order valence-electron chi connectivity index (χ3n) is 6.80. The van der Waals surface area contributed by atoms with E-state index in [4.69, 9.17) is 14.7 Å². The summed E-state index contributed by atoms with van der Waals surface area (Å²) in [5.41, 5.74) is 3.80. The molecule has 14 heteroatoms. The second-order valence-corrected chi connectivity index (χ2v) is 10.2. The van der Waals surface area contributed by atoms with Crippen LogP contribution in [0.25, 0.3) is 11.2 Å². The number of fused-ring (bicyclic) bond motifs is 1. The van der Waals surface area contributed by atoms with Crippen molar-refractivity contribution < 1.29 is 14.9 Å². The minimum atomic E-state index is -1.28. The maximum absolute atomic E-state index is 11.0. The third kappa shape index (κ3) is 5.03. The van der Waals surface area contributed by atoms with E-state index in [2.05, 4.69) is 30.7 Å². The Morgan fingerprint density at radius 1 is 1.05 bits per heavy atom. The van der Waals surface area contributed by atoms with Gasteiger partial charge in [0.15, 0.2) is 18.0 Å². The van der Waals surface area contributed by atoms with E-state index < -0.39 is 24.5 Å². The van der Waals surface area contributed by atoms with Crippen molar-refractivity contribution in [1.82, 2.24) is 49.3 Å². The normalized spacial score (nSPS) is 21.1. The van der Waals surface area contributed by atoms with Gasteiger partial charge in [-0.1, -0.05) is 30.3 Å². The van der Waals surface area contributed by atoms with Crippen LogP contribution in [0.5, 0.6) is 0 Å². The lowest BCUT2D eigenvalue weighted by molar-refractivity contribution is -0.0384. The van der Waals surface area contributed by atoms with Crippen LogP contribution in [0.2, 0.25) is 0 Å². The van der Waals surface area contributed by atoms with Crippen molar-refractivity contribution in [3.63, 3.8) is 0 Å². The van der Waals surface area contributed by atoms with Crippen LogP contribution in [0.3, 0.4) is 0 Å².